The lowest BCUT2D eigenvalue weighted by Gasteiger charge is -2.17. The fraction of sp³-hybridized carbons (Fsp3) is 0.471. The topological polar surface area (TPSA) is 87.3 Å². The average Bonchev–Trinajstić information content (AvgIpc) is 2.41. The lowest BCUT2D eigenvalue weighted by atomic mass is 9.96. The fourth-order valence-electron chi connectivity index (χ4n) is 1.86. The molecule has 0 aliphatic rings. The highest BCUT2D eigenvalue weighted by Crippen LogP contribution is 2.23. The minimum absolute atomic E-state index is 0.0888. The van der Waals surface area contributed by atoms with Gasteiger partial charge < -0.3 is 16.0 Å². The fourth-order valence-corrected chi connectivity index (χ4v) is 1.86. The highest BCUT2D eigenvalue weighted by Gasteiger charge is 2.20. The van der Waals surface area contributed by atoms with Crippen LogP contribution in [0.1, 0.15) is 39.7 Å². The van der Waals surface area contributed by atoms with Crippen LogP contribution in [-0.4, -0.2) is 24.3 Å². The average molecular weight is 319 g/mol. The molecule has 126 valence electrons. The van der Waals surface area contributed by atoms with Gasteiger partial charge in [-0.15, -0.1) is 0 Å². The van der Waals surface area contributed by atoms with Gasteiger partial charge in [-0.25, -0.2) is 0 Å². The maximum atomic E-state index is 12.0. The van der Waals surface area contributed by atoms with E-state index < -0.39 is 5.41 Å². The van der Waals surface area contributed by atoms with E-state index in [1.54, 1.807) is 18.2 Å². The van der Waals surface area contributed by atoms with E-state index in [0.29, 0.717) is 11.4 Å². The molecule has 0 bridgehead atoms. The van der Waals surface area contributed by atoms with Crippen molar-refractivity contribution in [3.63, 3.8) is 0 Å². The number of benzene rings is 1. The highest BCUT2D eigenvalue weighted by molar-refractivity contribution is 5.95. The number of rotatable bonds is 5. The van der Waals surface area contributed by atoms with E-state index >= 15 is 0 Å². The Kier molecular flexibility index (Phi) is 6.30. The predicted octanol–water partition coefficient (Wildman–Crippen LogP) is 2.44. The van der Waals surface area contributed by atoms with Crippen molar-refractivity contribution in [3.05, 3.63) is 23.8 Å². The molecule has 23 heavy (non-hydrogen) atoms. The summed E-state index contributed by atoms with van der Waals surface area (Å²) in [5, 5.41) is 8.24. The molecule has 0 aliphatic heterocycles. The van der Waals surface area contributed by atoms with Crippen molar-refractivity contribution in [3.8, 4) is 0 Å². The summed E-state index contributed by atoms with van der Waals surface area (Å²) < 4.78 is 0. The quantitative estimate of drug-likeness (QED) is 0.779. The first-order valence-electron chi connectivity index (χ1n) is 7.56. The van der Waals surface area contributed by atoms with Crippen LogP contribution in [0.5, 0.6) is 0 Å². The van der Waals surface area contributed by atoms with Crippen LogP contribution in [0.15, 0.2) is 18.2 Å². The van der Waals surface area contributed by atoms with Gasteiger partial charge in [0.25, 0.3) is 0 Å². The van der Waals surface area contributed by atoms with Gasteiger partial charge in [0.2, 0.25) is 17.7 Å². The maximum absolute atomic E-state index is 12.0. The number of hydrogen-bond acceptors (Lipinski definition) is 3. The van der Waals surface area contributed by atoms with Gasteiger partial charge in [-0.1, -0.05) is 26.8 Å². The highest BCUT2D eigenvalue weighted by atomic mass is 16.2. The summed E-state index contributed by atoms with van der Waals surface area (Å²) >= 11 is 0. The SMILES string of the molecule is CC(=O)Nc1cccc(NC(=O)CCNC(=O)C(C)(C)C)c1C. The second kappa shape index (κ2) is 7.76. The smallest absolute Gasteiger partial charge is 0.226 e. The molecule has 1 rings (SSSR count). The Bertz CT molecular complexity index is 604. The number of amides is 3. The molecule has 0 unspecified atom stereocenters. The Morgan fingerprint density at radius 1 is 1.04 bits per heavy atom. The third-order valence-electron chi connectivity index (χ3n) is 3.24. The zero-order valence-corrected chi connectivity index (χ0v) is 14.4. The molecule has 3 amide bonds. The van der Waals surface area contributed by atoms with Gasteiger partial charge >= 0.3 is 0 Å². The number of nitrogens with one attached hydrogen (secondary N) is 3. The molecule has 0 saturated heterocycles. The van der Waals surface area contributed by atoms with Crippen molar-refractivity contribution in [1.29, 1.82) is 0 Å². The Labute approximate surface area is 137 Å². The van der Waals surface area contributed by atoms with E-state index in [1.807, 2.05) is 27.7 Å². The number of carbonyl (C=O) groups is 3. The third-order valence-corrected chi connectivity index (χ3v) is 3.24. The van der Waals surface area contributed by atoms with Gasteiger partial charge in [0.1, 0.15) is 0 Å². The number of hydrogen-bond donors (Lipinski definition) is 3. The van der Waals surface area contributed by atoms with Gasteiger partial charge in [0, 0.05) is 36.7 Å². The van der Waals surface area contributed by atoms with E-state index in [1.165, 1.54) is 6.92 Å². The summed E-state index contributed by atoms with van der Waals surface area (Å²) in [7, 11) is 0. The summed E-state index contributed by atoms with van der Waals surface area (Å²) in [5.41, 5.74) is 1.62. The van der Waals surface area contributed by atoms with Crippen molar-refractivity contribution in [1.82, 2.24) is 5.32 Å². The van der Waals surface area contributed by atoms with Crippen molar-refractivity contribution >= 4 is 29.1 Å². The van der Waals surface area contributed by atoms with Crippen molar-refractivity contribution < 1.29 is 14.4 Å². The van der Waals surface area contributed by atoms with Crippen LogP contribution in [0.4, 0.5) is 11.4 Å². The van der Waals surface area contributed by atoms with E-state index in [2.05, 4.69) is 16.0 Å². The van der Waals surface area contributed by atoms with Crippen LogP contribution in [0.25, 0.3) is 0 Å². The minimum Gasteiger partial charge on any atom is -0.355 e. The third kappa shape index (κ3) is 6.10. The normalized spacial score (nSPS) is 10.8. The summed E-state index contributed by atoms with van der Waals surface area (Å²) in [4.78, 5) is 34.8. The molecule has 6 heteroatoms. The van der Waals surface area contributed by atoms with Crippen LogP contribution in [0.3, 0.4) is 0 Å². The van der Waals surface area contributed by atoms with Crippen molar-refractivity contribution in [2.24, 2.45) is 5.41 Å². The lowest BCUT2D eigenvalue weighted by Crippen LogP contribution is -2.36. The van der Waals surface area contributed by atoms with Crippen LogP contribution in [-0.2, 0) is 14.4 Å². The second-order valence-corrected chi connectivity index (χ2v) is 6.46. The van der Waals surface area contributed by atoms with Crippen LogP contribution >= 0.6 is 0 Å². The summed E-state index contributed by atoms with van der Waals surface area (Å²) in [6, 6.07) is 5.30. The molecule has 1 aromatic carbocycles. The Morgan fingerprint density at radius 3 is 2.13 bits per heavy atom. The van der Waals surface area contributed by atoms with Gasteiger partial charge in [0.05, 0.1) is 0 Å². The monoisotopic (exact) mass is 319 g/mol. The zero-order chi connectivity index (χ0) is 17.6. The predicted molar refractivity (Wildman–Crippen MR) is 91.2 cm³/mol. The van der Waals surface area contributed by atoms with Crippen LogP contribution < -0.4 is 16.0 Å². The maximum Gasteiger partial charge on any atom is 0.226 e. The van der Waals surface area contributed by atoms with Crippen molar-refractivity contribution in [2.45, 2.75) is 41.0 Å². The van der Waals surface area contributed by atoms with Gasteiger partial charge in [-0.2, -0.15) is 0 Å². The molecule has 1 aromatic rings. The minimum atomic E-state index is -0.472. The largest absolute Gasteiger partial charge is 0.355 e. The molecule has 0 aromatic heterocycles. The summed E-state index contributed by atoms with van der Waals surface area (Å²) in [5.74, 6) is -0.446. The summed E-state index contributed by atoms with van der Waals surface area (Å²) in [6.45, 7) is 9.00. The molecule has 0 fully saturated rings. The molecular formula is C17H25N3O3. The van der Waals surface area contributed by atoms with E-state index in [4.69, 9.17) is 0 Å². The molecule has 3 N–H and O–H groups in total. The lowest BCUT2D eigenvalue weighted by molar-refractivity contribution is -0.128. The second-order valence-electron chi connectivity index (χ2n) is 6.46. The van der Waals surface area contributed by atoms with E-state index in [-0.39, 0.29) is 30.7 Å². The van der Waals surface area contributed by atoms with Crippen LogP contribution in [0.2, 0.25) is 0 Å². The van der Waals surface area contributed by atoms with Crippen molar-refractivity contribution in [2.75, 3.05) is 17.2 Å². The molecular weight excluding hydrogens is 294 g/mol. The van der Waals surface area contributed by atoms with Gasteiger partial charge in [-0.05, 0) is 24.6 Å². The Balaban J connectivity index is 2.58. The molecule has 0 aliphatic carbocycles. The first-order chi connectivity index (χ1) is 10.6. The van der Waals surface area contributed by atoms with Crippen LogP contribution in [0, 0.1) is 12.3 Å². The molecule has 0 spiro atoms. The van der Waals surface area contributed by atoms with E-state index in [0.717, 1.165) is 5.56 Å². The Hall–Kier alpha value is -2.37. The van der Waals surface area contributed by atoms with Gasteiger partial charge in [-0.3, -0.25) is 14.4 Å². The van der Waals surface area contributed by atoms with Gasteiger partial charge in [0.15, 0.2) is 0 Å². The molecule has 0 saturated carbocycles. The number of carbonyl (C=O) groups excluding carboxylic acids is 3. The first-order valence-corrected chi connectivity index (χ1v) is 7.56. The molecule has 0 atom stereocenters. The molecule has 0 radical (unpaired) electrons. The summed E-state index contributed by atoms with van der Waals surface area (Å²) in [6.07, 6.45) is 0.186. The van der Waals surface area contributed by atoms with E-state index in [9.17, 15) is 14.4 Å². The standard InChI is InChI=1S/C17H25N3O3/c1-11-13(19-12(2)21)7-6-8-14(11)20-15(22)9-10-18-16(23)17(3,4)5/h6-8H,9-10H2,1-5H3,(H,18,23)(H,19,21)(H,20,22). The first kappa shape index (κ1) is 18.7. The Morgan fingerprint density at radius 2 is 1.61 bits per heavy atom. The number of anilines is 2. The molecule has 0 heterocycles. The zero-order valence-electron chi connectivity index (χ0n) is 14.4. The molecule has 6 nitrogen and oxygen atoms in total.